The largest absolute Gasteiger partial charge is 0.338 e. The van der Waals surface area contributed by atoms with Crippen LogP contribution in [0.4, 0.5) is 0 Å². The molecule has 98 valence electrons. The third-order valence-corrected chi connectivity index (χ3v) is 4.16. The zero-order valence-electron chi connectivity index (χ0n) is 10.2. The Morgan fingerprint density at radius 3 is 2.61 bits per heavy atom. The minimum atomic E-state index is -3.67. The van der Waals surface area contributed by atoms with Gasteiger partial charge in [0.05, 0.1) is 4.90 Å². The SMILES string of the molecule is Cc1cc(CN2CCCC2=O)ccc1S(N)(=O)=O. The number of sulfonamides is 1. The lowest BCUT2D eigenvalue weighted by molar-refractivity contribution is -0.128. The summed E-state index contributed by atoms with van der Waals surface area (Å²) in [7, 11) is -3.67. The molecule has 0 aliphatic carbocycles. The number of benzene rings is 1. The fourth-order valence-electron chi connectivity index (χ4n) is 2.22. The van der Waals surface area contributed by atoms with E-state index < -0.39 is 10.0 Å². The van der Waals surface area contributed by atoms with Crippen molar-refractivity contribution in [1.82, 2.24) is 4.90 Å². The van der Waals surface area contributed by atoms with Crippen LogP contribution >= 0.6 is 0 Å². The van der Waals surface area contributed by atoms with E-state index in [9.17, 15) is 13.2 Å². The number of nitrogens with two attached hydrogens (primary N) is 1. The first-order valence-corrected chi connectivity index (χ1v) is 7.32. The fourth-order valence-corrected chi connectivity index (χ4v) is 2.99. The van der Waals surface area contributed by atoms with E-state index in [1.54, 1.807) is 24.0 Å². The van der Waals surface area contributed by atoms with Crippen molar-refractivity contribution in [1.29, 1.82) is 0 Å². The van der Waals surface area contributed by atoms with Crippen molar-refractivity contribution in [3.05, 3.63) is 29.3 Å². The number of nitrogens with zero attached hydrogens (tertiary/aromatic N) is 1. The highest BCUT2D eigenvalue weighted by Crippen LogP contribution is 2.19. The molecule has 0 unspecified atom stereocenters. The van der Waals surface area contributed by atoms with Gasteiger partial charge in [-0.1, -0.05) is 12.1 Å². The number of likely N-dealkylation sites (tertiary alicyclic amines) is 1. The summed E-state index contributed by atoms with van der Waals surface area (Å²) in [5.74, 6) is 0.156. The summed E-state index contributed by atoms with van der Waals surface area (Å²) in [4.78, 5) is 13.4. The average molecular weight is 268 g/mol. The highest BCUT2D eigenvalue weighted by atomic mass is 32.2. The van der Waals surface area contributed by atoms with Gasteiger partial charge in [-0.2, -0.15) is 0 Å². The zero-order valence-corrected chi connectivity index (χ0v) is 11.0. The summed E-state index contributed by atoms with van der Waals surface area (Å²) in [5, 5.41) is 5.10. The smallest absolute Gasteiger partial charge is 0.238 e. The topological polar surface area (TPSA) is 80.5 Å². The summed E-state index contributed by atoms with van der Waals surface area (Å²) in [6, 6.07) is 4.98. The minimum absolute atomic E-state index is 0.138. The Bertz CT molecular complexity index is 581. The number of hydrogen-bond acceptors (Lipinski definition) is 3. The molecule has 1 aliphatic heterocycles. The van der Waals surface area contributed by atoms with Crippen LogP contribution in [0.25, 0.3) is 0 Å². The first-order chi connectivity index (χ1) is 8.38. The molecule has 0 atom stereocenters. The maximum absolute atomic E-state index is 11.5. The van der Waals surface area contributed by atoms with Crippen LogP contribution < -0.4 is 5.14 Å². The lowest BCUT2D eigenvalue weighted by Gasteiger charge is -2.16. The second-order valence-electron chi connectivity index (χ2n) is 4.56. The maximum atomic E-state index is 11.5. The summed E-state index contributed by atoms with van der Waals surface area (Å²) in [6.45, 7) is 3.01. The molecular weight excluding hydrogens is 252 g/mol. The van der Waals surface area contributed by atoms with Crippen molar-refractivity contribution in [2.75, 3.05) is 6.54 Å². The van der Waals surface area contributed by atoms with Gasteiger partial charge in [-0.25, -0.2) is 13.6 Å². The van der Waals surface area contributed by atoms with Gasteiger partial charge in [-0.3, -0.25) is 4.79 Å². The average Bonchev–Trinajstić information content (AvgIpc) is 2.62. The van der Waals surface area contributed by atoms with Crippen LogP contribution in [0.1, 0.15) is 24.0 Å². The Hall–Kier alpha value is -1.40. The van der Waals surface area contributed by atoms with Gasteiger partial charge in [-0.15, -0.1) is 0 Å². The normalized spacial score (nSPS) is 16.3. The molecule has 0 radical (unpaired) electrons. The van der Waals surface area contributed by atoms with E-state index in [0.29, 0.717) is 18.5 Å². The Labute approximate surface area is 107 Å². The molecule has 6 heteroatoms. The predicted molar refractivity (Wildman–Crippen MR) is 67.2 cm³/mol. The number of carbonyl (C=O) groups excluding carboxylic acids is 1. The molecule has 2 N–H and O–H groups in total. The van der Waals surface area contributed by atoms with E-state index in [0.717, 1.165) is 18.5 Å². The van der Waals surface area contributed by atoms with E-state index in [2.05, 4.69) is 0 Å². The lowest BCUT2D eigenvalue weighted by Crippen LogP contribution is -2.24. The van der Waals surface area contributed by atoms with Gasteiger partial charge in [0, 0.05) is 19.5 Å². The first-order valence-electron chi connectivity index (χ1n) is 5.78. The quantitative estimate of drug-likeness (QED) is 0.879. The molecule has 1 aromatic carbocycles. The van der Waals surface area contributed by atoms with E-state index in [4.69, 9.17) is 5.14 Å². The van der Waals surface area contributed by atoms with Crippen LogP contribution in [0, 0.1) is 6.92 Å². The van der Waals surface area contributed by atoms with Gasteiger partial charge >= 0.3 is 0 Å². The number of primary sulfonamides is 1. The molecule has 1 aromatic rings. The van der Waals surface area contributed by atoms with Crippen molar-refractivity contribution in [3.63, 3.8) is 0 Å². The van der Waals surface area contributed by atoms with Gasteiger partial charge in [0.15, 0.2) is 0 Å². The maximum Gasteiger partial charge on any atom is 0.238 e. The lowest BCUT2D eigenvalue weighted by atomic mass is 10.1. The van der Waals surface area contributed by atoms with Gasteiger partial charge in [-0.05, 0) is 30.5 Å². The molecule has 0 bridgehead atoms. The summed E-state index contributed by atoms with van der Waals surface area (Å²) in [6.07, 6.45) is 1.50. The fraction of sp³-hybridized carbons (Fsp3) is 0.417. The van der Waals surface area contributed by atoms with Crippen molar-refractivity contribution < 1.29 is 13.2 Å². The molecule has 0 spiro atoms. The number of hydrogen-bond donors (Lipinski definition) is 1. The predicted octanol–water partition coefficient (Wildman–Crippen LogP) is 0.765. The number of amides is 1. The van der Waals surface area contributed by atoms with Gasteiger partial charge in [0.1, 0.15) is 0 Å². The second kappa shape index (κ2) is 4.70. The monoisotopic (exact) mass is 268 g/mol. The summed E-state index contributed by atoms with van der Waals surface area (Å²) >= 11 is 0. The molecule has 5 nitrogen and oxygen atoms in total. The van der Waals surface area contributed by atoms with E-state index >= 15 is 0 Å². The van der Waals surface area contributed by atoms with Gasteiger partial charge in [0.2, 0.25) is 15.9 Å². The van der Waals surface area contributed by atoms with Crippen LogP contribution in [-0.2, 0) is 21.4 Å². The van der Waals surface area contributed by atoms with Crippen LogP contribution in [0.5, 0.6) is 0 Å². The van der Waals surface area contributed by atoms with Crippen molar-refractivity contribution in [2.24, 2.45) is 5.14 Å². The highest BCUT2D eigenvalue weighted by Gasteiger charge is 2.20. The molecule has 2 rings (SSSR count). The van der Waals surface area contributed by atoms with Crippen LogP contribution in [0.15, 0.2) is 23.1 Å². The Morgan fingerprint density at radius 2 is 2.11 bits per heavy atom. The molecule has 1 amide bonds. The van der Waals surface area contributed by atoms with Crippen LogP contribution in [-0.4, -0.2) is 25.8 Å². The number of rotatable bonds is 3. The van der Waals surface area contributed by atoms with Crippen molar-refractivity contribution in [2.45, 2.75) is 31.2 Å². The number of aryl methyl sites for hydroxylation is 1. The molecular formula is C12H16N2O3S. The molecule has 1 saturated heterocycles. The first kappa shape index (κ1) is 13.0. The summed E-state index contributed by atoms with van der Waals surface area (Å²) < 4.78 is 22.5. The Balaban J connectivity index is 2.22. The van der Waals surface area contributed by atoms with Crippen LogP contribution in [0.2, 0.25) is 0 Å². The third-order valence-electron chi connectivity index (χ3n) is 3.09. The second-order valence-corrected chi connectivity index (χ2v) is 6.09. The standard InChI is InChI=1S/C12H16N2O3S/c1-9-7-10(4-5-11(9)18(13,16)17)8-14-6-2-3-12(14)15/h4-5,7H,2-3,6,8H2,1H3,(H2,13,16,17). The van der Waals surface area contributed by atoms with E-state index in [-0.39, 0.29) is 10.8 Å². The van der Waals surface area contributed by atoms with E-state index in [1.807, 2.05) is 0 Å². The molecule has 1 aliphatic rings. The molecule has 0 aromatic heterocycles. The van der Waals surface area contributed by atoms with E-state index in [1.165, 1.54) is 6.07 Å². The third kappa shape index (κ3) is 2.70. The van der Waals surface area contributed by atoms with Crippen LogP contribution in [0.3, 0.4) is 0 Å². The number of carbonyl (C=O) groups is 1. The minimum Gasteiger partial charge on any atom is -0.338 e. The molecule has 1 heterocycles. The Kier molecular flexibility index (Phi) is 3.41. The zero-order chi connectivity index (χ0) is 13.3. The molecule has 18 heavy (non-hydrogen) atoms. The Morgan fingerprint density at radius 1 is 1.39 bits per heavy atom. The molecule has 1 fully saturated rings. The van der Waals surface area contributed by atoms with Gasteiger partial charge < -0.3 is 4.90 Å². The van der Waals surface area contributed by atoms with Gasteiger partial charge in [0.25, 0.3) is 0 Å². The van der Waals surface area contributed by atoms with Crippen molar-refractivity contribution in [3.8, 4) is 0 Å². The van der Waals surface area contributed by atoms with Crippen molar-refractivity contribution >= 4 is 15.9 Å². The highest BCUT2D eigenvalue weighted by molar-refractivity contribution is 7.89. The summed E-state index contributed by atoms with van der Waals surface area (Å²) in [5.41, 5.74) is 1.54. The molecule has 0 saturated carbocycles.